The molecule has 15 heteroatoms. The number of benzene rings is 3. The van der Waals surface area contributed by atoms with Crippen molar-refractivity contribution in [2.24, 2.45) is 5.73 Å². The highest BCUT2D eigenvalue weighted by molar-refractivity contribution is 6.31. The van der Waals surface area contributed by atoms with E-state index >= 15 is 0 Å². The molecule has 6 atom stereocenters. The summed E-state index contributed by atoms with van der Waals surface area (Å²) in [7, 11) is 1.32. The number of carbonyl (C=O) groups excluding carboxylic acids is 4. The number of aliphatic hydroxyl groups excluding tert-OH is 2. The van der Waals surface area contributed by atoms with Gasteiger partial charge in [0.1, 0.15) is 35.2 Å². The fourth-order valence-electron chi connectivity index (χ4n) is 6.50. The Morgan fingerprint density at radius 3 is 2.28 bits per heavy atom. The van der Waals surface area contributed by atoms with Crippen LogP contribution < -0.4 is 15.8 Å². The highest BCUT2D eigenvalue weighted by Crippen LogP contribution is 2.52. The molecule has 0 bridgehead atoms. The summed E-state index contributed by atoms with van der Waals surface area (Å²) >= 11 is 0. The first-order valence-electron chi connectivity index (χ1n) is 15.7. The minimum atomic E-state index is -2.24. The Bertz CT molecular complexity index is 1830. The predicted molar refractivity (Wildman–Crippen MR) is 174 cm³/mol. The van der Waals surface area contributed by atoms with Gasteiger partial charge in [0, 0.05) is 54.6 Å². The van der Waals surface area contributed by atoms with Crippen molar-refractivity contribution in [1.82, 2.24) is 0 Å². The first-order chi connectivity index (χ1) is 23.6. The maximum Gasteiger partial charge on any atom is 0.221 e. The normalized spacial score (nSPS) is 25.3. The van der Waals surface area contributed by atoms with E-state index in [2.05, 4.69) is 5.32 Å². The lowest BCUT2D eigenvalue weighted by atomic mass is 9.72. The van der Waals surface area contributed by atoms with Crippen LogP contribution in [0.5, 0.6) is 23.0 Å². The van der Waals surface area contributed by atoms with Crippen molar-refractivity contribution in [2.75, 3.05) is 19.0 Å². The lowest BCUT2D eigenvalue weighted by Crippen LogP contribution is -2.53. The van der Waals surface area contributed by atoms with Crippen LogP contribution in [0.15, 0.2) is 42.5 Å². The van der Waals surface area contributed by atoms with Gasteiger partial charge in [-0.15, -0.1) is 0 Å². The smallest absolute Gasteiger partial charge is 0.221 e. The third kappa shape index (κ3) is 6.66. The minimum Gasteiger partial charge on any atom is -0.508 e. The summed E-state index contributed by atoms with van der Waals surface area (Å²) in [5.74, 6) is -3.70. The van der Waals surface area contributed by atoms with Gasteiger partial charge in [0.15, 0.2) is 17.9 Å². The van der Waals surface area contributed by atoms with Crippen molar-refractivity contribution in [3.8, 4) is 23.0 Å². The fourth-order valence-corrected chi connectivity index (χ4v) is 6.50. The maximum atomic E-state index is 13.6. The van der Waals surface area contributed by atoms with Crippen LogP contribution in [-0.2, 0) is 25.5 Å². The Kier molecular flexibility index (Phi) is 10.3. The first-order valence-corrected chi connectivity index (χ1v) is 15.7. The van der Waals surface area contributed by atoms with E-state index in [1.165, 1.54) is 44.4 Å². The Morgan fingerprint density at radius 2 is 1.68 bits per heavy atom. The molecule has 2 aliphatic carbocycles. The molecule has 0 aromatic heterocycles. The quantitative estimate of drug-likeness (QED) is 0.133. The number of anilines is 1. The Hall–Kier alpha value is -4.90. The second-order valence-corrected chi connectivity index (χ2v) is 12.4. The van der Waals surface area contributed by atoms with Crippen molar-refractivity contribution in [2.45, 2.75) is 69.4 Å². The topological polar surface area (TPSA) is 255 Å². The zero-order valence-corrected chi connectivity index (χ0v) is 27.4. The molecule has 1 aliphatic heterocycles. The van der Waals surface area contributed by atoms with Crippen molar-refractivity contribution in [1.29, 1.82) is 0 Å². The van der Waals surface area contributed by atoms with E-state index in [1.54, 1.807) is 19.1 Å². The number of amides is 1. The monoisotopic (exact) mass is 694 g/mol. The predicted octanol–water partition coefficient (Wildman–Crippen LogP) is 1.35. The summed E-state index contributed by atoms with van der Waals surface area (Å²) in [6.07, 6.45) is -5.12. The molecule has 1 heterocycles. The van der Waals surface area contributed by atoms with Gasteiger partial charge < -0.3 is 55.9 Å². The number of aliphatic hydroxyl groups is 3. The molecule has 0 spiro atoms. The van der Waals surface area contributed by atoms with Crippen LogP contribution in [0.3, 0.4) is 0 Å². The number of Topliss-reactive ketones (excluding diaryl/α,β-unsaturated/α-hetero) is 1. The zero-order chi connectivity index (χ0) is 36.7. The van der Waals surface area contributed by atoms with Crippen LogP contribution in [0, 0.1) is 0 Å². The van der Waals surface area contributed by atoms with Gasteiger partial charge in [0.25, 0.3) is 0 Å². The SMILES string of the molecule is CC(=O)Nc1ccc(O)cc1.COc1cccc2c1C(=O)c1c(O)c3c(c(O)c1C2=O)C[C@@](O)(C(=O)CO)C[C@@H]3O[C@H]1C[C@H](N)[C@H](O)[C@H](C)O1. The number of rotatable bonds is 6. The molecule has 3 aromatic rings. The van der Waals surface area contributed by atoms with E-state index < -0.39 is 95.7 Å². The van der Waals surface area contributed by atoms with Gasteiger partial charge in [0.05, 0.1) is 42.1 Å². The van der Waals surface area contributed by atoms with Gasteiger partial charge in [-0.3, -0.25) is 19.2 Å². The Morgan fingerprint density at radius 1 is 1.02 bits per heavy atom. The van der Waals surface area contributed by atoms with Crippen LogP contribution >= 0.6 is 0 Å². The molecule has 1 fully saturated rings. The van der Waals surface area contributed by atoms with Crippen LogP contribution in [0.1, 0.15) is 75.8 Å². The minimum absolute atomic E-state index is 0.0173. The molecular weight excluding hydrogens is 656 g/mol. The van der Waals surface area contributed by atoms with Gasteiger partial charge in [-0.25, -0.2) is 0 Å². The van der Waals surface area contributed by atoms with Gasteiger partial charge >= 0.3 is 0 Å². The number of carbonyl (C=O) groups is 4. The number of nitrogens with one attached hydrogen (secondary N) is 1. The summed E-state index contributed by atoms with van der Waals surface area (Å²) in [6.45, 7) is 2.00. The van der Waals surface area contributed by atoms with Crippen molar-refractivity contribution >= 4 is 28.9 Å². The lowest BCUT2D eigenvalue weighted by molar-refractivity contribution is -0.247. The Labute approximate surface area is 285 Å². The number of nitrogens with two attached hydrogens (primary N) is 1. The van der Waals surface area contributed by atoms with Gasteiger partial charge in [-0.2, -0.15) is 0 Å². The summed E-state index contributed by atoms with van der Waals surface area (Å²) in [6, 6.07) is 9.94. The number of phenols is 3. The molecular formula is C35H38N2O13. The zero-order valence-electron chi connectivity index (χ0n) is 27.4. The second-order valence-electron chi connectivity index (χ2n) is 12.4. The molecule has 6 rings (SSSR count). The average Bonchev–Trinajstić information content (AvgIpc) is 3.07. The first kappa shape index (κ1) is 36.4. The highest BCUT2D eigenvalue weighted by Gasteiger charge is 2.50. The molecule has 0 saturated carbocycles. The molecule has 9 N–H and O–H groups in total. The molecule has 50 heavy (non-hydrogen) atoms. The highest BCUT2D eigenvalue weighted by atomic mass is 16.7. The van der Waals surface area contributed by atoms with Crippen LogP contribution in [0.25, 0.3) is 0 Å². The maximum absolute atomic E-state index is 13.6. The third-order valence-electron chi connectivity index (χ3n) is 8.99. The summed E-state index contributed by atoms with van der Waals surface area (Å²) in [5.41, 5.74) is 3.06. The molecule has 15 nitrogen and oxygen atoms in total. The summed E-state index contributed by atoms with van der Waals surface area (Å²) < 4.78 is 17.0. The second kappa shape index (κ2) is 14.1. The van der Waals surface area contributed by atoms with E-state index in [1.807, 2.05) is 0 Å². The summed E-state index contributed by atoms with van der Waals surface area (Å²) in [5, 5.41) is 65.2. The van der Waals surface area contributed by atoms with Crippen molar-refractivity contribution < 1.29 is 64.0 Å². The van der Waals surface area contributed by atoms with Crippen LogP contribution in [-0.4, -0.2) is 97.8 Å². The molecule has 3 aromatic carbocycles. The number of aromatic hydroxyl groups is 3. The van der Waals surface area contributed by atoms with E-state index in [9.17, 15) is 44.7 Å². The molecule has 3 aliphatic rings. The Balaban J connectivity index is 0.000000377. The lowest BCUT2D eigenvalue weighted by Gasteiger charge is -2.42. The summed E-state index contributed by atoms with van der Waals surface area (Å²) in [4.78, 5) is 50.3. The van der Waals surface area contributed by atoms with Gasteiger partial charge in [0.2, 0.25) is 11.7 Å². The standard InChI is InChI=1S/C27H29NO11.C8H9NO2/c1-10-22(31)13(28)6-17(38-10)39-15-8-27(36,16(30)9-29)7-12-19(15)26(35)21-20(24(12)33)23(32)11-4-3-5-14(37-2)18(11)25(21)34;1-6(10)9-7-2-4-8(11)5-3-7/h3-5,10,13,15,17,22,29,31,33,35-36H,6-9,28H2,1-2H3;2-5,11H,1H3,(H,9,10)/t10-,13-,15-,17-,22+,27-;/m0./s1. The number of ketones is 3. The number of phenolic OH excluding ortho intramolecular Hbond substituents is 3. The number of methoxy groups -OCH3 is 1. The molecule has 266 valence electrons. The largest absolute Gasteiger partial charge is 0.508 e. The van der Waals surface area contributed by atoms with Crippen LogP contribution in [0.4, 0.5) is 5.69 Å². The van der Waals surface area contributed by atoms with Crippen LogP contribution in [0.2, 0.25) is 0 Å². The van der Waals surface area contributed by atoms with E-state index in [-0.39, 0.29) is 46.1 Å². The van der Waals surface area contributed by atoms with E-state index in [4.69, 9.17) is 25.1 Å². The molecule has 1 amide bonds. The molecule has 0 radical (unpaired) electrons. The number of hydrogen-bond acceptors (Lipinski definition) is 14. The van der Waals surface area contributed by atoms with Gasteiger partial charge in [-0.1, -0.05) is 12.1 Å². The fraction of sp³-hybridized carbons (Fsp3) is 0.371. The van der Waals surface area contributed by atoms with E-state index in [0.29, 0.717) is 5.69 Å². The average molecular weight is 695 g/mol. The number of fused-ring (bicyclic) bond motifs is 3. The van der Waals surface area contributed by atoms with Gasteiger partial charge in [-0.05, 0) is 37.3 Å². The van der Waals surface area contributed by atoms with Crippen molar-refractivity contribution in [3.05, 3.63) is 75.8 Å². The third-order valence-corrected chi connectivity index (χ3v) is 8.99. The number of hydrogen-bond donors (Lipinski definition) is 8. The number of ether oxygens (including phenoxy) is 3. The molecule has 0 unspecified atom stereocenters. The van der Waals surface area contributed by atoms with Crippen molar-refractivity contribution in [3.63, 3.8) is 0 Å². The van der Waals surface area contributed by atoms with E-state index in [0.717, 1.165) is 0 Å². The molecule has 1 saturated heterocycles.